The Morgan fingerprint density at radius 1 is 1.42 bits per heavy atom. The number of piperidine rings is 1. The SMILES string of the molecule is CCN(CC(=O)O)C1CCN(Cc2cc(Br)cc3c2OCC3)CC1. The Labute approximate surface area is 151 Å². The number of fused-ring (bicyclic) bond motifs is 1. The van der Waals surface area contributed by atoms with Crippen LogP contribution in [0.15, 0.2) is 16.6 Å². The van der Waals surface area contributed by atoms with Gasteiger partial charge in [0.1, 0.15) is 5.75 Å². The van der Waals surface area contributed by atoms with Crippen molar-refractivity contribution in [3.63, 3.8) is 0 Å². The first-order valence-electron chi connectivity index (χ1n) is 8.69. The number of hydrogen-bond donors (Lipinski definition) is 1. The second kappa shape index (κ2) is 7.85. The normalized spacial score (nSPS) is 18.6. The monoisotopic (exact) mass is 396 g/mol. The summed E-state index contributed by atoms with van der Waals surface area (Å²) in [5, 5.41) is 9.04. The van der Waals surface area contributed by atoms with Gasteiger partial charge in [0.15, 0.2) is 0 Å². The Bertz CT molecular complexity index is 600. The molecule has 1 fully saturated rings. The van der Waals surface area contributed by atoms with Crippen molar-refractivity contribution < 1.29 is 14.6 Å². The zero-order chi connectivity index (χ0) is 17.1. The Morgan fingerprint density at radius 2 is 2.17 bits per heavy atom. The summed E-state index contributed by atoms with van der Waals surface area (Å²) in [6.45, 7) is 6.67. The van der Waals surface area contributed by atoms with Crippen molar-refractivity contribution in [1.82, 2.24) is 9.80 Å². The molecule has 0 spiro atoms. The zero-order valence-electron chi connectivity index (χ0n) is 14.1. The molecule has 2 aliphatic heterocycles. The fourth-order valence-electron chi connectivity index (χ4n) is 3.82. The van der Waals surface area contributed by atoms with Gasteiger partial charge in [0.25, 0.3) is 0 Å². The molecule has 0 unspecified atom stereocenters. The van der Waals surface area contributed by atoms with Gasteiger partial charge in [-0.05, 0) is 50.2 Å². The summed E-state index contributed by atoms with van der Waals surface area (Å²) in [6, 6.07) is 4.70. The van der Waals surface area contributed by atoms with Crippen molar-refractivity contribution in [3.05, 3.63) is 27.7 Å². The Morgan fingerprint density at radius 3 is 2.83 bits per heavy atom. The molecule has 24 heavy (non-hydrogen) atoms. The standard InChI is InChI=1S/C18H25BrN2O3/c1-2-21(12-17(22)23)16-3-6-20(7-4-16)11-14-10-15(19)9-13-5-8-24-18(13)14/h9-10,16H,2-8,11-12H2,1H3,(H,22,23). The molecule has 0 aromatic heterocycles. The van der Waals surface area contributed by atoms with Crippen LogP contribution in [-0.4, -0.2) is 59.7 Å². The predicted molar refractivity (Wildman–Crippen MR) is 96.5 cm³/mol. The average molecular weight is 397 g/mol. The van der Waals surface area contributed by atoms with Crippen LogP contribution in [0.5, 0.6) is 5.75 Å². The van der Waals surface area contributed by atoms with Gasteiger partial charge < -0.3 is 9.84 Å². The minimum atomic E-state index is -0.735. The molecular formula is C18H25BrN2O3. The van der Waals surface area contributed by atoms with Crippen LogP contribution in [-0.2, 0) is 17.8 Å². The van der Waals surface area contributed by atoms with E-state index in [0.29, 0.717) is 6.04 Å². The lowest BCUT2D eigenvalue weighted by Crippen LogP contribution is -2.46. The zero-order valence-corrected chi connectivity index (χ0v) is 15.7. The minimum absolute atomic E-state index is 0.147. The topological polar surface area (TPSA) is 53.0 Å². The third kappa shape index (κ3) is 4.10. The Hall–Kier alpha value is -1.11. The lowest BCUT2D eigenvalue weighted by Gasteiger charge is -2.37. The number of benzene rings is 1. The van der Waals surface area contributed by atoms with Gasteiger partial charge >= 0.3 is 5.97 Å². The molecule has 1 saturated heterocycles. The van der Waals surface area contributed by atoms with Gasteiger partial charge in [-0.1, -0.05) is 22.9 Å². The van der Waals surface area contributed by atoms with Crippen LogP contribution in [0.25, 0.3) is 0 Å². The molecule has 1 N–H and O–H groups in total. The van der Waals surface area contributed by atoms with Crippen LogP contribution in [0.4, 0.5) is 0 Å². The summed E-state index contributed by atoms with van der Waals surface area (Å²) < 4.78 is 6.95. The third-order valence-corrected chi connectivity index (χ3v) is 5.50. The molecule has 0 atom stereocenters. The molecule has 0 radical (unpaired) electrons. The molecule has 132 valence electrons. The van der Waals surface area contributed by atoms with E-state index in [-0.39, 0.29) is 6.54 Å². The lowest BCUT2D eigenvalue weighted by atomic mass is 10.0. The highest BCUT2D eigenvalue weighted by atomic mass is 79.9. The summed E-state index contributed by atoms with van der Waals surface area (Å²) in [4.78, 5) is 15.5. The average Bonchev–Trinajstić information content (AvgIpc) is 3.01. The maximum Gasteiger partial charge on any atom is 0.317 e. The summed E-state index contributed by atoms with van der Waals surface area (Å²) in [6.07, 6.45) is 3.04. The number of rotatable bonds is 6. The van der Waals surface area contributed by atoms with Gasteiger partial charge in [0, 0.05) is 29.0 Å². The molecule has 2 heterocycles. The third-order valence-electron chi connectivity index (χ3n) is 5.04. The van der Waals surface area contributed by atoms with Crippen LogP contribution in [0, 0.1) is 0 Å². The van der Waals surface area contributed by atoms with E-state index in [4.69, 9.17) is 9.84 Å². The molecule has 0 amide bonds. The molecule has 3 rings (SSSR count). The Kier molecular flexibility index (Phi) is 5.79. The maximum atomic E-state index is 11.0. The number of carboxylic acids is 1. The van der Waals surface area contributed by atoms with Crippen molar-refractivity contribution in [1.29, 1.82) is 0 Å². The van der Waals surface area contributed by atoms with E-state index in [1.165, 1.54) is 11.1 Å². The largest absolute Gasteiger partial charge is 0.493 e. The number of halogens is 1. The maximum absolute atomic E-state index is 11.0. The Balaban J connectivity index is 1.59. The minimum Gasteiger partial charge on any atom is -0.493 e. The molecule has 0 saturated carbocycles. The molecule has 1 aromatic carbocycles. The van der Waals surface area contributed by atoms with Crippen molar-refractivity contribution in [3.8, 4) is 5.75 Å². The number of likely N-dealkylation sites (tertiary alicyclic amines) is 1. The van der Waals surface area contributed by atoms with Gasteiger partial charge in [-0.3, -0.25) is 14.6 Å². The summed E-state index contributed by atoms with van der Waals surface area (Å²) in [7, 11) is 0. The quantitative estimate of drug-likeness (QED) is 0.800. The van der Waals surface area contributed by atoms with Gasteiger partial charge in [0.05, 0.1) is 13.2 Å². The lowest BCUT2D eigenvalue weighted by molar-refractivity contribution is -0.139. The number of carbonyl (C=O) groups is 1. The summed E-state index contributed by atoms with van der Waals surface area (Å²) >= 11 is 3.61. The molecule has 5 nitrogen and oxygen atoms in total. The fraction of sp³-hybridized carbons (Fsp3) is 0.611. The van der Waals surface area contributed by atoms with Gasteiger partial charge in [0.2, 0.25) is 0 Å². The number of ether oxygens (including phenoxy) is 1. The van der Waals surface area contributed by atoms with Crippen LogP contribution in [0.2, 0.25) is 0 Å². The molecule has 6 heteroatoms. The molecule has 1 aromatic rings. The van der Waals surface area contributed by atoms with E-state index in [0.717, 1.165) is 62.3 Å². The van der Waals surface area contributed by atoms with E-state index in [9.17, 15) is 4.79 Å². The van der Waals surface area contributed by atoms with E-state index in [1.54, 1.807) is 0 Å². The van der Waals surface area contributed by atoms with Gasteiger partial charge in [-0.15, -0.1) is 0 Å². The van der Waals surface area contributed by atoms with Crippen LogP contribution in [0.1, 0.15) is 30.9 Å². The number of carboxylic acid groups (broad SMARTS) is 1. The first-order chi connectivity index (χ1) is 11.6. The highest BCUT2D eigenvalue weighted by molar-refractivity contribution is 9.10. The highest BCUT2D eigenvalue weighted by Crippen LogP contribution is 2.34. The van der Waals surface area contributed by atoms with E-state index in [2.05, 4.69) is 37.9 Å². The summed E-state index contributed by atoms with van der Waals surface area (Å²) in [5.74, 6) is 0.336. The fourth-order valence-corrected chi connectivity index (χ4v) is 4.37. The van der Waals surface area contributed by atoms with Crippen molar-refractivity contribution in [2.45, 2.75) is 38.8 Å². The first kappa shape index (κ1) is 17.7. The number of nitrogens with zero attached hydrogens (tertiary/aromatic N) is 2. The van der Waals surface area contributed by atoms with Gasteiger partial charge in [-0.25, -0.2) is 0 Å². The van der Waals surface area contributed by atoms with Crippen molar-refractivity contribution >= 4 is 21.9 Å². The van der Waals surface area contributed by atoms with Crippen molar-refractivity contribution in [2.75, 3.05) is 32.8 Å². The molecule has 0 bridgehead atoms. The first-order valence-corrected chi connectivity index (χ1v) is 9.48. The summed E-state index contributed by atoms with van der Waals surface area (Å²) in [5.41, 5.74) is 2.56. The second-order valence-corrected chi connectivity index (χ2v) is 7.53. The van der Waals surface area contributed by atoms with Crippen LogP contribution < -0.4 is 4.74 Å². The number of aliphatic carboxylic acids is 1. The molecule has 0 aliphatic carbocycles. The molecule has 2 aliphatic rings. The number of likely N-dealkylation sites (N-methyl/N-ethyl adjacent to an activating group) is 1. The van der Waals surface area contributed by atoms with E-state index >= 15 is 0 Å². The van der Waals surface area contributed by atoms with Gasteiger partial charge in [-0.2, -0.15) is 0 Å². The molecular weight excluding hydrogens is 372 g/mol. The highest BCUT2D eigenvalue weighted by Gasteiger charge is 2.26. The van der Waals surface area contributed by atoms with Crippen LogP contribution in [0.3, 0.4) is 0 Å². The smallest absolute Gasteiger partial charge is 0.317 e. The number of hydrogen-bond acceptors (Lipinski definition) is 4. The predicted octanol–water partition coefficient (Wildman–Crippen LogP) is 2.75. The second-order valence-electron chi connectivity index (χ2n) is 6.62. The van der Waals surface area contributed by atoms with E-state index in [1.807, 2.05) is 6.92 Å². The van der Waals surface area contributed by atoms with Crippen LogP contribution >= 0.6 is 15.9 Å². The van der Waals surface area contributed by atoms with E-state index < -0.39 is 5.97 Å². The van der Waals surface area contributed by atoms with Crippen molar-refractivity contribution in [2.24, 2.45) is 0 Å².